The Hall–Kier alpha value is 1.40. The number of rotatable bonds is 125. The van der Waals surface area contributed by atoms with Crippen LogP contribution in [0.4, 0.5) is 0 Å². The van der Waals surface area contributed by atoms with E-state index in [0.717, 1.165) is 0 Å². The van der Waals surface area contributed by atoms with Crippen LogP contribution in [0.3, 0.4) is 0 Å². The summed E-state index contributed by atoms with van der Waals surface area (Å²) in [5.74, 6) is 0. The lowest BCUT2D eigenvalue weighted by Gasteiger charge is -2.64. The first kappa shape index (κ1) is 144. The molecule has 0 saturated heterocycles. The van der Waals surface area contributed by atoms with E-state index in [9.17, 15) is 0 Å². The maximum Gasteiger partial charge on any atom is 0.0772 e. The molecule has 0 aromatic carbocycles. The molecule has 0 rings (SSSR count). The zero-order chi connectivity index (χ0) is 104. The number of unbranched alkanes of at least 4 members (excludes halogenated alkanes) is 80. The summed E-state index contributed by atoms with van der Waals surface area (Å²) in [6, 6.07) is 0. The number of nitrogens with zero attached hydrogens (tertiary/aromatic N) is 8. The Labute approximate surface area is 913 Å². The zero-order valence-corrected chi connectivity index (χ0v) is 106. The Morgan fingerprint density at radius 1 is 0.112 bits per heavy atom. The van der Waals surface area contributed by atoms with Crippen LogP contribution in [0.1, 0.15) is 734 Å². The molecule has 8 nitrogen and oxygen atoms in total. The Balaban J connectivity index is 13.5. The van der Waals surface area contributed by atoms with Crippen LogP contribution in [-0.4, -0.2) is 152 Å². The smallest absolute Gasteiger partial charge is 0.0772 e. The lowest BCUT2D eigenvalue weighted by atomic mass is 10.1. The van der Waals surface area contributed by atoms with Gasteiger partial charge in [-0.15, -0.1) is 0 Å². The molecule has 0 heterocycles. The molecule has 143 heavy (non-hydrogen) atoms. The third kappa shape index (κ3) is 81.6. The Morgan fingerprint density at radius 2 is 0.189 bits per heavy atom. The Bertz CT molecular complexity index is 1930. The fraction of sp³-hybridized carbons (Fsp3) is 1.00. The second-order valence-corrected chi connectivity index (χ2v) is 57.2. The Kier molecular flexibility index (Phi) is 117. The molecule has 0 unspecified atom stereocenters. The van der Waals surface area contributed by atoms with Crippen molar-refractivity contribution >= 4 is 32.9 Å². The highest BCUT2D eigenvalue weighted by molar-refractivity contribution is 7.80. The van der Waals surface area contributed by atoms with Crippen molar-refractivity contribution in [2.75, 3.05) is 105 Å². The molecule has 0 aromatic heterocycles. The minimum absolute atomic E-state index is 0.0895. The van der Waals surface area contributed by atoms with Gasteiger partial charge < -0.3 is 0 Å². The van der Waals surface area contributed by atoms with E-state index in [1.165, 1.54) is 721 Å². The van der Waals surface area contributed by atoms with Gasteiger partial charge in [0.1, 0.15) is 0 Å². The van der Waals surface area contributed by atoms with Crippen LogP contribution in [0.2, 0.25) is 0 Å². The van der Waals surface area contributed by atoms with Gasteiger partial charge in [0.05, 0.1) is 43.2 Å². The summed E-state index contributed by atoms with van der Waals surface area (Å²) in [6.07, 6.45) is 134. The van der Waals surface area contributed by atoms with E-state index in [4.69, 9.17) is 0 Å². The van der Waals surface area contributed by atoms with Gasteiger partial charge in [-0.2, -0.15) is 0 Å². The van der Waals surface area contributed by atoms with Gasteiger partial charge in [0, 0.05) is 105 Å². The summed E-state index contributed by atoms with van der Waals surface area (Å²) in [4.78, 5) is -0.0895. The predicted octanol–water partition coefficient (Wildman–Crippen LogP) is 47.5. The van der Waals surface area contributed by atoms with Crippen LogP contribution in [0.15, 0.2) is 0 Å². The largest absolute Gasteiger partial charge is 0.269 e. The van der Waals surface area contributed by atoms with Crippen molar-refractivity contribution in [3.8, 4) is 0 Å². The normalized spacial score (nSPS) is 12.5. The molecule has 0 bridgehead atoms. The van der Waals surface area contributed by atoms with Gasteiger partial charge in [-0.3, -0.25) is 37.4 Å². The molecule has 0 aromatic rings. The van der Waals surface area contributed by atoms with E-state index in [-0.39, 0.29) is 4.90 Å². The molecule has 0 saturated carbocycles. The molecule has 0 amide bonds. The molecule has 0 aliphatic rings. The van der Waals surface area contributed by atoms with Gasteiger partial charge in [-0.1, -0.05) is 624 Å². The molecule has 0 aliphatic heterocycles. The van der Waals surface area contributed by atoms with Crippen LogP contribution in [0, 0.1) is 0 Å². The van der Waals surface area contributed by atoms with E-state index < -0.39 is 32.9 Å². The predicted molar refractivity (Wildman–Crippen MR) is 666 cm³/mol. The number of hydrogen-bond acceptors (Lipinski definition) is 8. The van der Waals surface area contributed by atoms with Crippen molar-refractivity contribution < 1.29 is 0 Å². The maximum absolute atomic E-state index is 3.73. The lowest BCUT2D eigenvalue weighted by Crippen LogP contribution is -2.56. The average molecular weight is 2090 g/mol. The van der Waals surface area contributed by atoms with Crippen LogP contribution in [-0.2, 0) is 0 Å². The molecule has 0 aliphatic carbocycles. The van der Waals surface area contributed by atoms with Crippen LogP contribution in [0.5, 0.6) is 0 Å². The van der Waals surface area contributed by atoms with Crippen molar-refractivity contribution in [2.45, 2.75) is 744 Å². The van der Waals surface area contributed by atoms with E-state index in [1.807, 2.05) is 0 Å². The third-order valence-corrected chi connectivity index (χ3v) is 47.1. The van der Waals surface area contributed by atoms with Crippen molar-refractivity contribution in [1.82, 2.24) is 37.4 Å². The van der Waals surface area contributed by atoms with Gasteiger partial charge in [0.2, 0.25) is 0 Å². The highest BCUT2D eigenvalue weighted by Crippen LogP contribution is 2.84. The second-order valence-electron chi connectivity index (χ2n) is 46.6. The molecule has 0 radical (unpaired) electrons. The summed E-state index contributed by atoms with van der Waals surface area (Å²) >= 11 is 0. The van der Waals surface area contributed by atoms with Gasteiger partial charge in [-0.05, 0) is 110 Å². The van der Waals surface area contributed by atoms with Crippen molar-refractivity contribution in [2.24, 2.45) is 0 Å². The van der Waals surface area contributed by atoms with Gasteiger partial charge >= 0.3 is 0 Å². The average Bonchev–Trinajstić information content (AvgIpc) is 0.714. The minimum Gasteiger partial charge on any atom is -0.269 e. The maximum atomic E-state index is 3.73. The first-order chi connectivity index (χ1) is 70.5. The quantitative estimate of drug-likeness (QED) is 0.0439. The standard InChI is InChI=1S/C131H276N8P4/c1-18-34-50-66-82-98-114-132(115-99-83-67-51-35-19-2)140(133(116-100-84-68-52-36-20-3)117-101-85-69-53-37-21-4)130(141(134(118-102-86-70-54-38-22-5)119-103-87-71-55-39-23-6)135(120-104-88-72-56-40-24-7)121-105-89-73-57-41-25-8)131(17,142(136(122-106-90-74-58-42-26-9)123-107-91-75-59-43-27-10)137(124-108-92-76-60-44-28-11)125-109-93-77-61-45-29-12)143(138(126-110-94-78-62-46-30-13)127-111-95-79-63-47-31-14)139(128-112-96-80-64-48-32-15)129-113-97-81-65-49-33-16/h130H,18-129H2,1-17H3. The fourth-order valence-corrected chi connectivity index (χ4v) is 41.8. The summed E-state index contributed by atoms with van der Waals surface area (Å²) in [5, 5.41) is 0.492. The fourth-order valence-electron chi connectivity index (χ4n) is 23.0. The second kappa shape index (κ2) is 116. The first-order valence-corrected chi connectivity index (χ1v) is 72.9. The van der Waals surface area contributed by atoms with E-state index in [0.29, 0.717) is 5.40 Å². The van der Waals surface area contributed by atoms with Crippen molar-refractivity contribution in [3.63, 3.8) is 0 Å². The zero-order valence-electron chi connectivity index (χ0n) is 103. The molecular weight excluding hydrogens is 1810 g/mol. The molecule has 0 atom stereocenters. The monoisotopic (exact) mass is 2090 g/mol. The summed E-state index contributed by atoms with van der Waals surface area (Å²) in [7, 11) is -3.95. The topological polar surface area (TPSA) is 25.9 Å². The highest BCUT2D eigenvalue weighted by atomic mass is 31.2. The van der Waals surface area contributed by atoms with Crippen molar-refractivity contribution in [3.05, 3.63) is 0 Å². The van der Waals surface area contributed by atoms with E-state index >= 15 is 0 Å². The molecule has 0 N–H and O–H groups in total. The van der Waals surface area contributed by atoms with E-state index in [1.54, 1.807) is 0 Å². The molecular formula is C131H276N8P4. The molecule has 0 spiro atoms. The van der Waals surface area contributed by atoms with E-state index in [2.05, 4.69) is 155 Å². The van der Waals surface area contributed by atoms with Crippen LogP contribution < -0.4 is 0 Å². The molecule has 12 heteroatoms. The van der Waals surface area contributed by atoms with Gasteiger partial charge in [-0.25, -0.2) is 0 Å². The van der Waals surface area contributed by atoms with Crippen molar-refractivity contribution in [1.29, 1.82) is 0 Å². The first-order valence-electron chi connectivity index (χ1n) is 67.7. The minimum atomic E-state index is -1.00. The Morgan fingerprint density at radius 3 is 0.280 bits per heavy atom. The van der Waals surface area contributed by atoms with Crippen LogP contribution in [0.25, 0.3) is 0 Å². The summed E-state index contributed by atoms with van der Waals surface area (Å²) in [5.41, 5.74) is 0. The lowest BCUT2D eigenvalue weighted by molar-refractivity contribution is 0.315. The van der Waals surface area contributed by atoms with Gasteiger partial charge in [0.25, 0.3) is 0 Å². The molecule has 0 fully saturated rings. The van der Waals surface area contributed by atoms with Gasteiger partial charge in [0.15, 0.2) is 0 Å². The highest BCUT2D eigenvalue weighted by Gasteiger charge is 2.63. The number of hydrogen-bond donors (Lipinski definition) is 0. The SMILES string of the molecule is CCCCCCCCN(CCCCCCCC)P(C(P(N(CCCCCCCC)CCCCCCCC)N(CCCCCCCC)CCCCCCCC)C(C)(P(N(CCCCCCCC)CCCCCCCC)N(CCCCCCCC)CCCCCCCC)P(N(CCCCCCCC)CCCCCCCC)N(CCCCCCCC)CCCCCCCC)N(CCCCCCCC)CCCCCCCC. The molecule has 860 valence electrons. The third-order valence-electron chi connectivity index (χ3n) is 32.3. The van der Waals surface area contributed by atoms with Crippen LogP contribution >= 0.6 is 32.9 Å². The summed E-state index contributed by atoms with van der Waals surface area (Å²) in [6.45, 7) is 64.6. The summed E-state index contributed by atoms with van der Waals surface area (Å²) < 4.78 is 29.8.